The van der Waals surface area contributed by atoms with Crippen molar-refractivity contribution in [2.45, 2.75) is 6.04 Å². The number of rotatable bonds is 4. The molecule has 1 atom stereocenters. The van der Waals surface area contributed by atoms with Crippen molar-refractivity contribution in [2.24, 2.45) is 4.99 Å². The fraction of sp³-hybridized carbons (Fsp3) is 0.545. The SMILES string of the molecule is CN(C)[C@@H](CNC1=NCCN1)c1ccsc1. The fourth-order valence-electron chi connectivity index (χ4n) is 1.77. The van der Waals surface area contributed by atoms with Crippen LogP contribution in [0.3, 0.4) is 0 Å². The van der Waals surface area contributed by atoms with Crippen molar-refractivity contribution >= 4 is 17.3 Å². The molecule has 0 saturated carbocycles. The molecule has 88 valence electrons. The average molecular weight is 238 g/mol. The van der Waals surface area contributed by atoms with Gasteiger partial charge < -0.3 is 15.5 Å². The van der Waals surface area contributed by atoms with E-state index in [1.165, 1.54) is 5.56 Å². The Bertz CT molecular complexity index is 345. The van der Waals surface area contributed by atoms with E-state index < -0.39 is 0 Å². The largest absolute Gasteiger partial charge is 0.355 e. The normalized spacial score (nSPS) is 17.1. The molecule has 2 heterocycles. The molecule has 0 aromatic carbocycles. The Morgan fingerprint density at radius 2 is 2.50 bits per heavy atom. The van der Waals surface area contributed by atoms with Gasteiger partial charge in [-0.05, 0) is 36.5 Å². The summed E-state index contributed by atoms with van der Waals surface area (Å²) < 4.78 is 0. The molecule has 0 aliphatic carbocycles. The minimum atomic E-state index is 0.399. The van der Waals surface area contributed by atoms with Crippen molar-refractivity contribution in [3.63, 3.8) is 0 Å². The second-order valence-electron chi connectivity index (χ2n) is 4.07. The van der Waals surface area contributed by atoms with Crippen molar-refractivity contribution in [2.75, 3.05) is 33.7 Å². The van der Waals surface area contributed by atoms with Gasteiger partial charge in [0.05, 0.1) is 12.6 Å². The zero-order valence-electron chi connectivity index (χ0n) is 9.73. The van der Waals surface area contributed by atoms with Crippen molar-refractivity contribution in [3.05, 3.63) is 22.4 Å². The van der Waals surface area contributed by atoms with E-state index >= 15 is 0 Å². The van der Waals surface area contributed by atoms with Gasteiger partial charge in [0.25, 0.3) is 0 Å². The molecule has 0 saturated heterocycles. The minimum absolute atomic E-state index is 0.399. The Labute approximate surface area is 100 Å². The van der Waals surface area contributed by atoms with Gasteiger partial charge in [-0.25, -0.2) is 0 Å². The van der Waals surface area contributed by atoms with Crippen LogP contribution in [0.4, 0.5) is 0 Å². The van der Waals surface area contributed by atoms with Crippen LogP contribution in [0.15, 0.2) is 21.8 Å². The first kappa shape index (κ1) is 11.4. The van der Waals surface area contributed by atoms with E-state index in [0.717, 1.165) is 25.6 Å². The van der Waals surface area contributed by atoms with Gasteiger partial charge in [0.1, 0.15) is 0 Å². The fourth-order valence-corrected chi connectivity index (χ4v) is 2.48. The van der Waals surface area contributed by atoms with Gasteiger partial charge in [-0.15, -0.1) is 0 Å². The molecule has 1 aromatic rings. The number of likely N-dealkylation sites (N-methyl/N-ethyl adjacent to an activating group) is 1. The molecule has 0 spiro atoms. The molecule has 2 rings (SSSR count). The van der Waals surface area contributed by atoms with E-state index in [1.54, 1.807) is 11.3 Å². The second-order valence-corrected chi connectivity index (χ2v) is 4.85. The standard InChI is InChI=1S/C11H18N4S/c1-15(2)10(9-3-6-16-8-9)7-14-11-12-4-5-13-11/h3,6,8,10H,4-5,7H2,1-2H3,(H2,12,13,14)/t10-/m0/s1. The van der Waals surface area contributed by atoms with Crippen LogP contribution in [0.2, 0.25) is 0 Å². The lowest BCUT2D eigenvalue weighted by atomic mass is 10.1. The maximum absolute atomic E-state index is 4.33. The third kappa shape index (κ3) is 2.74. The van der Waals surface area contributed by atoms with Crippen LogP contribution in [0.25, 0.3) is 0 Å². The highest BCUT2D eigenvalue weighted by atomic mass is 32.1. The van der Waals surface area contributed by atoms with Gasteiger partial charge in [-0.2, -0.15) is 11.3 Å². The average Bonchev–Trinajstić information content (AvgIpc) is 2.88. The molecule has 0 unspecified atom stereocenters. The Morgan fingerprint density at radius 1 is 1.62 bits per heavy atom. The molecule has 0 amide bonds. The monoisotopic (exact) mass is 238 g/mol. The minimum Gasteiger partial charge on any atom is -0.355 e. The summed E-state index contributed by atoms with van der Waals surface area (Å²) in [4.78, 5) is 6.55. The second kappa shape index (κ2) is 5.32. The summed E-state index contributed by atoms with van der Waals surface area (Å²) in [6, 6.07) is 2.58. The van der Waals surface area contributed by atoms with Crippen LogP contribution in [0, 0.1) is 0 Å². The number of hydrogen-bond donors (Lipinski definition) is 2. The predicted molar refractivity (Wildman–Crippen MR) is 69.1 cm³/mol. The summed E-state index contributed by atoms with van der Waals surface area (Å²) >= 11 is 1.74. The van der Waals surface area contributed by atoms with Gasteiger partial charge in [0.15, 0.2) is 5.96 Å². The van der Waals surface area contributed by atoms with E-state index in [1.807, 2.05) is 0 Å². The highest BCUT2D eigenvalue weighted by Crippen LogP contribution is 2.19. The number of aliphatic imine (C=N–C) groups is 1. The van der Waals surface area contributed by atoms with E-state index in [4.69, 9.17) is 0 Å². The molecule has 4 nitrogen and oxygen atoms in total. The Morgan fingerprint density at radius 3 is 3.06 bits per heavy atom. The molecular formula is C11H18N4S. The summed E-state index contributed by atoms with van der Waals surface area (Å²) in [7, 11) is 4.21. The smallest absolute Gasteiger partial charge is 0.191 e. The van der Waals surface area contributed by atoms with Gasteiger partial charge >= 0.3 is 0 Å². The highest BCUT2D eigenvalue weighted by molar-refractivity contribution is 7.07. The van der Waals surface area contributed by atoms with Crippen LogP contribution in [0.1, 0.15) is 11.6 Å². The quantitative estimate of drug-likeness (QED) is 0.819. The van der Waals surface area contributed by atoms with Gasteiger partial charge in [0, 0.05) is 13.1 Å². The van der Waals surface area contributed by atoms with E-state index in [0.29, 0.717) is 6.04 Å². The summed E-state index contributed by atoms with van der Waals surface area (Å²) in [6.45, 7) is 2.72. The molecule has 0 radical (unpaired) electrons. The van der Waals surface area contributed by atoms with Crippen molar-refractivity contribution in [1.82, 2.24) is 15.5 Å². The maximum Gasteiger partial charge on any atom is 0.191 e. The lowest BCUT2D eigenvalue weighted by Gasteiger charge is -2.24. The van der Waals surface area contributed by atoms with E-state index in [2.05, 4.69) is 51.4 Å². The molecular weight excluding hydrogens is 220 g/mol. The lowest BCUT2D eigenvalue weighted by molar-refractivity contribution is 0.299. The van der Waals surface area contributed by atoms with Crippen LogP contribution in [-0.4, -0.2) is 44.6 Å². The van der Waals surface area contributed by atoms with Gasteiger partial charge in [-0.1, -0.05) is 0 Å². The molecule has 5 heteroatoms. The zero-order chi connectivity index (χ0) is 11.4. The van der Waals surface area contributed by atoms with Gasteiger partial charge in [-0.3, -0.25) is 4.99 Å². The first-order chi connectivity index (χ1) is 7.77. The predicted octanol–water partition coefficient (Wildman–Crippen LogP) is 0.900. The zero-order valence-corrected chi connectivity index (χ0v) is 10.5. The topological polar surface area (TPSA) is 39.7 Å². The molecule has 1 aliphatic heterocycles. The van der Waals surface area contributed by atoms with Crippen LogP contribution < -0.4 is 10.6 Å². The van der Waals surface area contributed by atoms with Crippen molar-refractivity contribution in [3.8, 4) is 0 Å². The molecule has 1 aromatic heterocycles. The number of thiophene rings is 1. The first-order valence-electron chi connectivity index (χ1n) is 5.48. The van der Waals surface area contributed by atoms with Crippen molar-refractivity contribution in [1.29, 1.82) is 0 Å². The molecule has 2 N–H and O–H groups in total. The molecule has 16 heavy (non-hydrogen) atoms. The molecule has 1 aliphatic rings. The summed E-state index contributed by atoms with van der Waals surface area (Å²) in [5.74, 6) is 0.932. The Hall–Kier alpha value is -1.07. The molecule has 0 bridgehead atoms. The maximum atomic E-state index is 4.33. The third-order valence-corrected chi connectivity index (χ3v) is 3.39. The number of nitrogens with one attached hydrogen (secondary N) is 2. The number of guanidine groups is 1. The van der Waals surface area contributed by atoms with E-state index in [-0.39, 0.29) is 0 Å². The van der Waals surface area contributed by atoms with Crippen LogP contribution in [0.5, 0.6) is 0 Å². The highest BCUT2D eigenvalue weighted by Gasteiger charge is 2.15. The van der Waals surface area contributed by atoms with E-state index in [9.17, 15) is 0 Å². The van der Waals surface area contributed by atoms with Gasteiger partial charge in [0.2, 0.25) is 0 Å². The summed E-state index contributed by atoms with van der Waals surface area (Å²) in [6.07, 6.45) is 0. The molecule has 0 fully saturated rings. The lowest BCUT2D eigenvalue weighted by Crippen LogP contribution is -2.39. The first-order valence-corrected chi connectivity index (χ1v) is 6.42. The Balaban J connectivity index is 1.93. The Kier molecular flexibility index (Phi) is 3.79. The number of hydrogen-bond acceptors (Lipinski definition) is 5. The van der Waals surface area contributed by atoms with Crippen LogP contribution >= 0.6 is 11.3 Å². The third-order valence-electron chi connectivity index (χ3n) is 2.69. The van der Waals surface area contributed by atoms with Crippen molar-refractivity contribution < 1.29 is 0 Å². The summed E-state index contributed by atoms with van der Waals surface area (Å²) in [5.41, 5.74) is 1.36. The number of nitrogens with zero attached hydrogens (tertiary/aromatic N) is 2. The van der Waals surface area contributed by atoms with Crippen LogP contribution in [-0.2, 0) is 0 Å². The summed E-state index contributed by atoms with van der Waals surface area (Å²) in [5, 5.41) is 10.9.